The summed E-state index contributed by atoms with van der Waals surface area (Å²) in [6.45, 7) is 0. The summed E-state index contributed by atoms with van der Waals surface area (Å²) in [5.41, 5.74) is -1.19. The number of H-pyrrole nitrogens is 1. The zero-order valence-electron chi connectivity index (χ0n) is 6.64. The van der Waals surface area contributed by atoms with Crippen LogP contribution in [0.4, 0.5) is 4.39 Å². The fraction of sp³-hybridized carbons (Fsp3) is 0. The summed E-state index contributed by atoms with van der Waals surface area (Å²) >= 11 is 5.64. The Morgan fingerprint density at radius 1 is 1.36 bits per heavy atom. The predicted octanol–water partition coefficient (Wildman–Crippen LogP) is 1.27. The number of hydrogen-bond acceptors (Lipinski definition) is 3. The predicted molar refractivity (Wildman–Crippen MR) is 48.1 cm³/mol. The highest BCUT2D eigenvalue weighted by atomic mass is 35.5. The van der Waals surface area contributed by atoms with Gasteiger partial charge in [-0.2, -0.15) is 0 Å². The van der Waals surface area contributed by atoms with E-state index in [-0.39, 0.29) is 15.9 Å². The van der Waals surface area contributed by atoms with Gasteiger partial charge in [-0.1, -0.05) is 11.6 Å². The van der Waals surface area contributed by atoms with E-state index in [4.69, 9.17) is 11.6 Å². The van der Waals surface area contributed by atoms with Gasteiger partial charge in [0.25, 0.3) is 0 Å². The minimum Gasteiger partial charge on any atom is -0.372 e. The number of aromatic nitrogens is 1. The van der Waals surface area contributed by atoms with Gasteiger partial charge in [0.15, 0.2) is 0 Å². The molecule has 0 saturated carbocycles. The second-order valence-corrected chi connectivity index (χ2v) is 2.99. The number of benzene rings is 1. The van der Waals surface area contributed by atoms with Gasteiger partial charge in [0.05, 0.1) is 10.5 Å². The van der Waals surface area contributed by atoms with E-state index in [0.29, 0.717) is 0 Å². The molecular formula is C8H3ClFNO3. The smallest absolute Gasteiger partial charge is 0.372 e. The van der Waals surface area contributed by atoms with Crippen molar-refractivity contribution in [3.05, 3.63) is 43.9 Å². The molecule has 0 saturated heterocycles. The Balaban J connectivity index is 3.16. The number of halogens is 2. The Bertz CT molecular complexity index is 616. The van der Waals surface area contributed by atoms with Crippen LogP contribution in [0.1, 0.15) is 0 Å². The Morgan fingerprint density at radius 2 is 2.07 bits per heavy atom. The molecule has 0 aliphatic rings. The molecule has 0 bridgehead atoms. The molecular weight excluding hydrogens is 213 g/mol. The van der Waals surface area contributed by atoms with E-state index >= 15 is 0 Å². The standard InChI is InChI=1S/C8H3ClFNO3/c9-3-1-2-4(10)6-5(3)7(12)14-8(13)11-6/h1-2H,(H,11,13). The summed E-state index contributed by atoms with van der Waals surface area (Å²) in [4.78, 5) is 23.9. The van der Waals surface area contributed by atoms with Crippen molar-refractivity contribution >= 4 is 22.5 Å². The molecule has 4 nitrogen and oxygen atoms in total. The molecule has 1 heterocycles. The van der Waals surface area contributed by atoms with Crippen molar-refractivity contribution in [2.45, 2.75) is 0 Å². The zero-order valence-corrected chi connectivity index (χ0v) is 7.39. The van der Waals surface area contributed by atoms with Crippen molar-refractivity contribution in [3.63, 3.8) is 0 Å². The maximum Gasteiger partial charge on any atom is 0.419 e. The summed E-state index contributed by atoms with van der Waals surface area (Å²) < 4.78 is 17.3. The van der Waals surface area contributed by atoms with Crippen molar-refractivity contribution in [2.75, 3.05) is 0 Å². The number of aromatic amines is 1. The van der Waals surface area contributed by atoms with Crippen molar-refractivity contribution in [3.8, 4) is 0 Å². The van der Waals surface area contributed by atoms with Crippen LogP contribution in [-0.2, 0) is 0 Å². The number of hydrogen-bond donors (Lipinski definition) is 1. The molecule has 2 aromatic rings. The van der Waals surface area contributed by atoms with Crippen LogP contribution < -0.4 is 11.4 Å². The van der Waals surface area contributed by atoms with E-state index in [9.17, 15) is 14.0 Å². The van der Waals surface area contributed by atoms with Crippen molar-refractivity contribution in [1.82, 2.24) is 4.98 Å². The van der Waals surface area contributed by atoms with Gasteiger partial charge in [0, 0.05) is 0 Å². The highest BCUT2D eigenvalue weighted by Gasteiger charge is 2.10. The summed E-state index contributed by atoms with van der Waals surface area (Å²) in [5.74, 6) is -1.74. The molecule has 0 aliphatic heterocycles. The van der Waals surface area contributed by atoms with Gasteiger partial charge < -0.3 is 4.42 Å². The lowest BCUT2D eigenvalue weighted by atomic mass is 10.2. The molecule has 14 heavy (non-hydrogen) atoms. The summed E-state index contributed by atoms with van der Waals surface area (Å²) in [7, 11) is 0. The van der Waals surface area contributed by atoms with Crippen LogP contribution in [0.25, 0.3) is 10.9 Å². The molecule has 0 fully saturated rings. The molecule has 1 N–H and O–H groups in total. The second-order valence-electron chi connectivity index (χ2n) is 2.58. The molecule has 1 aromatic carbocycles. The van der Waals surface area contributed by atoms with Crippen LogP contribution in [0.15, 0.2) is 26.1 Å². The third-order valence-corrected chi connectivity index (χ3v) is 2.04. The summed E-state index contributed by atoms with van der Waals surface area (Å²) in [6.07, 6.45) is 0. The third-order valence-electron chi connectivity index (χ3n) is 1.72. The molecule has 72 valence electrons. The minimum absolute atomic E-state index is 0.0337. The van der Waals surface area contributed by atoms with E-state index in [2.05, 4.69) is 9.40 Å². The molecule has 2 rings (SSSR count). The van der Waals surface area contributed by atoms with Crippen LogP contribution in [0.5, 0.6) is 0 Å². The maximum absolute atomic E-state index is 13.1. The quantitative estimate of drug-likeness (QED) is 0.720. The van der Waals surface area contributed by atoms with Gasteiger partial charge >= 0.3 is 11.4 Å². The van der Waals surface area contributed by atoms with Crippen LogP contribution in [0.3, 0.4) is 0 Å². The Morgan fingerprint density at radius 3 is 2.79 bits per heavy atom. The lowest BCUT2D eigenvalue weighted by Gasteiger charge is -1.98. The normalized spacial score (nSPS) is 10.7. The van der Waals surface area contributed by atoms with E-state index in [1.165, 1.54) is 6.07 Å². The average molecular weight is 216 g/mol. The first-order valence-corrected chi connectivity index (χ1v) is 3.98. The van der Waals surface area contributed by atoms with Gasteiger partial charge in [-0.05, 0) is 12.1 Å². The summed E-state index contributed by atoms with van der Waals surface area (Å²) in [5, 5.41) is -0.127. The lowest BCUT2D eigenvalue weighted by Crippen LogP contribution is -2.15. The number of nitrogens with one attached hydrogen (secondary N) is 1. The van der Waals surface area contributed by atoms with Gasteiger partial charge in [0.2, 0.25) is 0 Å². The number of rotatable bonds is 0. The first-order chi connectivity index (χ1) is 6.59. The SMILES string of the molecule is O=c1[nH]c2c(F)ccc(Cl)c2c(=O)o1. The molecule has 0 atom stereocenters. The average Bonchev–Trinajstić information content (AvgIpc) is 2.10. The van der Waals surface area contributed by atoms with Crippen molar-refractivity contribution < 1.29 is 8.81 Å². The zero-order chi connectivity index (χ0) is 10.3. The van der Waals surface area contributed by atoms with Gasteiger partial charge in [-0.3, -0.25) is 4.98 Å². The lowest BCUT2D eigenvalue weighted by molar-refractivity contribution is 0.458. The molecule has 0 amide bonds. The highest BCUT2D eigenvalue weighted by molar-refractivity contribution is 6.35. The van der Waals surface area contributed by atoms with Gasteiger partial charge in [-0.25, -0.2) is 14.0 Å². The highest BCUT2D eigenvalue weighted by Crippen LogP contribution is 2.19. The first-order valence-electron chi connectivity index (χ1n) is 3.61. The number of fused-ring (bicyclic) bond motifs is 1. The van der Waals surface area contributed by atoms with E-state index in [1.807, 2.05) is 0 Å². The van der Waals surface area contributed by atoms with Crippen molar-refractivity contribution in [2.24, 2.45) is 0 Å². The van der Waals surface area contributed by atoms with E-state index in [1.54, 1.807) is 0 Å². The Hall–Kier alpha value is -1.62. The fourth-order valence-electron chi connectivity index (χ4n) is 1.14. The molecule has 6 heteroatoms. The Kier molecular flexibility index (Phi) is 1.89. The third kappa shape index (κ3) is 1.22. The monoisotopic (exact) mass is 215 g/mol. The van der Waals surface area contributed by atoms with Crippen LogP contribution in [0.2, 0.25) is 5.02 Å². The molecule has 1 aromatic heterocycles. The fourth-order valence-corrected chi connectivity index (χ4v) is 1.37. The first kappa shape index (κ1) is 8.96. The maximum atomic E-state index is 13.1. The Labute approximate surface area is 80.9 Å². The molecule has 0 radical (unpaired) electrons. The van der Waals surface area contributed by atoms with E-state index < -0.39 is 17.2 Å². The van der Waals surface area contributed by atoms with Gasteiger partial charge in [0.1, 0.15) is 11.2 Å². The largest absolute Gasteiger partial charge is 0.419 e. The topological polar surface area (TPSA) is 63.1 Å². The van der Waals surface area contributed by atoms with Crippen LogP contribution in [0, 0.1) is 5.82 Å². The van der Waals surface area contributed by atoms with Gasteiger partial charge in [-0.15, -0.1) is 0 Å². The van der Waals surface area contributed by atoms with E-state index in [0.717, 1.165) is 6.07 Å². The minimum atomic E-state index is -1.01. The van der Waals surface area contributed by atoms with Crippen LogP contribution >= 0.6 is 11.6 Å². The molecule has 0 aliphatic carbocycles. The van der Waals surface area contributed by atoms with Crippen LogP contribution in [-0.4, -0.2) is 4.98 Å². The molecule has 0 spiro atoms. The second kappa shape index (κ2) is 2.95. The summed E-state index contributed by atoms with van der Waals surface area (Å²) in [6, 6.07) is 2.27. The van der Waals surface area contributed by atoms with Crippen molar-refractivity contribution in [1.29, 1.82) is 0 Å². The molecule has 0 unspecified atom stereocenters.